The van der Waals surface area contributed by atoms with Crippen molar-refractivity contribution in [2.45, 2.75) is 26.2 Å². The predicted octanol–water partition coefficient (Wildman–Crippen LogP) is 6.22. The van der Waals surface area contributed by atoms with Gasteiger partial charge in [0, 0.05) is 17.7 Å². The largest absolute Gasteiger partial charge is 0.423 e. The van der Waals surface area contributed by atoms with Gasteiger partial charge in [0.2, 0.25) is 0 Å². The molecular weight excluding hydrogens is 400 g/mol. The Morgan fingerprint density at radius 3 is 1.69 bits per heavy atom. The van der Waals surface area contributed by atoms with Gasteiger partial charge in [0.1, 0.15) is 11.5 Å². The Kier molecular flexibility index (Phi) is 7.40. The molecule has 0 aliphatic carbocycles. The van der Waals surface area contributed by atoms with Gasteiger partial charge in [-0.25, -0.2) is 9.59 Å². The fourth-order valence-electron chi connectivity index (χ4n) is 3.00. The molecule has 0 spiro atoms. The van der Waals surface area contributed by atoms with Crippen molar-refractivity contribution in [2.24, 2.45) is 0 Å². The van der Waals surface area contributed by atoms with E-state index in [2.05, 4.69) is 0 Å². The Morgan fingerprint density at radius 2 is 1.19 bits per heavy atom. The van der Waals surface area contributed by atoms with Gasteiger partial charge < -0.3 is 9.47 Å². The van der Waals surface area contributed by atoms with Crippen molar-refractivity contribution in [3.05, 3.63) is 108 Å². The van der Waals surface area contributed by atoms with E-state index in [-0.39, 0.29) is 5.41 Å². The summed E-state index contributed by atoms with van der Waals surface area (Å²) in [5.74, 6) is -0.142. The zero-order valence-corrected chi connectivity index (χ0v) is 18.4. The molecule has 4 nitrogen and oxygen atoms in total. The Morgan fingerprint density at radius 1 is 0.688 bits per heavy atom. The van der Waals surface area contributed by atoms with E-state index in [9.17, 15) is 9.59 Å². The van der Waals surface area contributed by atoms with Gasteiger partial charge in [-0.1, -0.05) is 81.4 Å². The molecule has 32 heavy (non-hydrogen) atoms. The molecule has 0 radical (unpaired) electrons. The fraction of sp³-hybridized carbons (Fsp3) is 0.143. The third-order valence-corrected chi connectivity index (χ3v) is 4.61. The molecule has 0 saturated carbocycles. The van der Waals surface area contributed by atoms with E-state index in [0.29, 0.717) is 11.5 Å². The van der Waals surface area contributed by atoms with E-state index in [1.165, 1.54) is 12.2 Å². The summed E-state index contributed by atoms with van der Waals surface area (Å²) in [6.07, 6.45) is 6.18. The maximum atomic E-state index is 12.3. The van der Waals surface area contributed by atoms with E-state index in [1.54, 1.807) is 30.4 Å². The molecule has 4 heteroatoms. The monoisotopic (exact) mass is 426 g/mol. The summed E-state index contributed by atoms with van der Waals surface area (Å²) in [5.41, 5.74) is 2.24. The van der Waals surface area contributed by atoms with Crippen LogP contribution in [0.25, 0.3) is 12.2 Å². The van der Waals surface area contributed by atoms with E-state index in [1.807, 2.05) is 81.4 Å². The standard InChI is InChI=1S/C28H26O4/c1-28(2,3)24-20-23(31-26(29)18-14-21-10-6-4-7-11-21)16-17-25(24)32-27(30)19-15-22-12-8-5-9-13-22/h4-20H,1-3H3/b18-14+,19-15+. The van der Waals surface area contributed by atoms with E-state index in [4.69, 9.17) is 9.47 Å². The Balaban J connectivity index is 1.73. The summed E-state index contributed by atoms with van der Waals surface area (Å²) < 4.78 is 11.0. The average molecular weight is 427 g/mol. The summed E-state index contributed by atoms with van der Waals surface area (Å²) >= 11 is 0. The highest BCUT2D eigenvalue weighted by molar-refractivity contribution is 5.89. The molecule has 0 bridgehead atoms. The highest BCUT2D eigenvalue weighted by Gasteiger charge is 2.21. The molecule has 0 aromatic heterocycles. The first kappa shape index (κ1) is 22.8. The maximum Gasteiger partial charge on any atom is 0.336 e. The lowest BCUT2D eigenvalue weighted by Crippen LogP contribution is -2.16. The van der Waals surface area contributed by atoms with Gasteiger partial charge in [0.25, 0.3) is 0 Å². The molecule has 0 saturated heterocycles. The molecule has 0 aliphatic heterocycles. The average Bonchev–Trinajstić information content (AvgIpc) is 2.78. The fourth-order valence-corrected chi connectivity index (χ4v) is 3.00. The molecule has 0 atom stereocenters. The van der Waals surface area contributed by atoms with Crippen molar-refractivity contribution in [1.82, 2.24) is 0 Å². The number of esters is 2. The molecule has 0 unspecified atom stereocenters. The molecule has 0 fully saturated rings. The topological polar surface area (TPSA) is 52.6 Å². The molecule has 3 aromatic rings. The molecular formula is C28H26O4. The Bertz CT molecular complexity index is 1120. The van der Waals surface area contributed by atoms with E-state index in [0.717, 1.165) is 16.7 Å². The summed E-state index contributed by atoms with van der Waals surface area (Å²) in [4.78, 5) is 24.6. The third kappa shape index (κ3) is 6.81. The molecule has 3 aromatic carbocycles. The second-order valence-electron chi connectivity index (χ2n) is 8.24. The number of carbonyl (C=O) groups excluding carboxylic acids is 2. The molecule has 0 N–H and O–H groups in total. The first-order valence-electron chi connectivity index (χ1n) is 10.4. The highest BCUT2D eigenvalue weighted by atomic mass is 16.5. The van der Waals surface area contributed by atoms with Gasteiger partial charge in [-0.05, 0) is 46.9 Å². The maximum absolute atomic E-state index is 12.3. The molecule has 3 rings (SSSR count). The lowest BCUT2D eigenvalue weighted by atomic mass is 9.86. The molecule has 0 aliphatic rings. The summed E-state index contributed by atoms with van der Waals surface area (Å²) in [7, 11) is 0. The first-order chi connectivity index (χ1) is 15.3. The number of rotatable bonds is 6. The quantitative estimate of drug-likeness (QED) is 0.267. The van der Waals surface area contributed by atoms with Crippen LogP contribution < -0.4 is 9.47 Å². The van der Waals surface area contributed by atoms with Crippen molar-refractivity contribution in [3.63, 3.8) is 0 Å². The van der Waals surface area contributed by atoms with E-state index >= 15 is 0 Å². The van der Waals surface area contributed by atoms with Crippen LogP contribution >= 0.6 is 0 Å². The van der Waals surface area contributed by atoms with Crippen LogP contribution in [-0.4, -0.2) is 11.9 Å². The normalized spacial score (nSPS) is 11.6. The first-order valence-corrected chi connectivity index (χ1v) is 10.4. The second-order valence-corrected chi connectivity index (χ2v) is 8.24. The minimum absolute atomic E-state index is 0.332. The van der Waals surface area contributed by atoms with Crippen molar-refractivity contribution in [1.29, 1.82) is 0 Å². The van der Waals surface area contributed by atoms with Crippen LogP contribution in [0.4, 0.5) is 0 Å². The summed E-state index contributed by atoms with van der Waals surface area (Å²) in [6.45, 7) is 6.00. The van der Waals surface area contributed by atoms with Crippen LogP contribution in [0.15, 0.2) is 91.0 Å². The van der Waals surface area contributed by atoms with E-state index < -0.39 is 11.9 Å². The smallest absolute Gasteiger partial charge is 0.336 e. The Hall–Kier alpha value is -3.92. The van der Waals surface area contributed by atoms with Crippen LogP contribution in [-0.2, 0) is 15.0 Å². The molecule has 0 amide bonds. The van der Waals surface area contributed by atoms with Crippen molar-refractivity contribution in [3.8, 4) is 11.5 Å². The highest BCUT2D eigenvalue weighted by Crippen LogP contribution is 2.34. The van der Waals surface area contributed by atoms with Crippen LogP contribution in [0.5, 0.6) is 11.5 Å². The van der Waals surface area contributed by atoms with Crippen LogP contribution in [0.1, 0.15) is 37.5 Å². The zero-order valence-electron chi connectivity index (χ0n) is 18.4. The number of benzene rings is 3. The zero-order chi connectivity index (χ0) is 23.0. The summed E-state index contributed by atoms with van der Waals surface area (Å²) in [5, 5.41) is 0. The second kappa shape index (κ2) is 10.4. The number of ether oxygens (including phenoxy) is 2. The predicted molar refractivity (Wildman–Crippen MR) is 127 cm³/mol. The van der Waals surface area contributed by atoms with Gasteiger partial charge in [-0.15, -0.1) is 0 Å². The SMILES string of the molecule is CC(C)(C)c1cc(OC(=O)/C=C/c2ccccc2)ccc1OC(=O)/C=C/c1ccccc1. The lowest BCUT2D eigenvalue weighted by molar-refractivity contribution is -0.130. The van der Waals surface area contributed by atoms with Crippen molar-refractivity contribution in [2.75, 3.05) is 0 Å². The van der Waals surface area contributed by atoms with Gasteiger partial charge in [0.15, 0.2) is 0 Å². The molecule has 162 valence electrons. The number of carbonyl (C=O) groups is 2. The Labute approximate surface area is 188 Å². The van der Waals surface area contributed by atoms with Gasteiger partial charge in [-0.2, -0.15) is 0 Å². The lowest BCUT2D eigenvalue weighted by Gasteiger charge is -2.22. The van der Waals surface area contributed by atoms with Crippen molar-refractivity contribution < 1.29 is 19.1 Å². The van der Waals surface area contributed by atoms with Crippen LogP contribution in [0.3, 0.4) is 0 Å². The van der Waals surface area contributed by atoms with Gasteiger partial charge in [0.05, 0.1) is 0 Å². The minimum Gasteiger partial charge on any atom is -0.423 e. The van der Waals surface area contributed by atoms with Gasteiger partial charge in [-0.3, -0.25) is 0 Å². The number of hydrogen-bond donors (Lipinski definition) is 0. The number of hydrogen-bond acceptors (Lipinski definition) is 4. The molecule has 0 heterocycles. The van der Waals surface area contributed by atoms with Gasteiger partial charge >= 0.3 is 11.9 Å². The minimum atomic E-state index is -0.482. The summed E-state index contributed by atoms with van der Waals surface area (Å²) in [6, 6.07) is 24.0. The van der Waals surface area contributed by atoms with Crippen molar-refractivity contribution >= 4 is 24.1 Å². The third-order valence-electron chi connectivity index (χ3n) is 4.61. The van der Waals surface area contributed by atoms with Crippen LogP contribution in [0, 0.1) is 0 Å². The van der Waals surface area contributed by atoms with Crippen LogP contribution in [0.2, 0.25) is 0 Å².